The summed E-state index contributed by atoms with van der Waals surface area (Å²) in [4.78, 5) is 7.35. The van der Waals surface area contributed by atoms with Crippen molar-refractivity contribution in [1.29, 1.82) is 0 Å². The largest absolute Gasteiger partial charge is 0.360 e. The molecule has 0 bridgehead atoms. The summed E-state index contributed by atoms with van der Waals surface area (Å²) in [5.41, 5.74) is 12.0. The normalized spacial score (nSPS) is 15.2. The van der Waals surface area contributed by atoms with Gasteiger partial charge in [-0.3, -0.25) is 0 Å². The van der Waals surface area contributed by atoms with E-state index in [-0.39, 0.29) is 11.4 Å². The summed E-state index contributed by atoms with van der Waals surface area (Å²) in [6, 6.07) is 15.2. The standard InChI is InChI=1S/C25H29FN4/c1-17-5-7-19(8-6-17)15-22-23(20-9-11-21(26)12-10-20)28-24-25(3,4)30(18(2)16-27)14-13-29(22)24/h5-12H,2,13-16,27H2,1,3-4H3. The van der Waals surface area contributed by atoms with E-state index in [0.29, 0.717) is 6.54 Å². The lowest BCUT2D eigenvalue weighted by Crippen LogP contribution is -2.49. The topological polar surface area (TPSA) is 47.1 Å². The number of imidazole rings is 1. The molecule has 2 N–H and O–H groups in total. The van der Waals surface area contributed by atoms with Gasteiger partial charge in [0.15, 0.2) is 0 Å². The molecular weight excluding hydrogens is 375 g/mol. The number of aryl methyl sites for hydroxylation is 1. The number of halogens is 1. The smallest absolute Gasteiger partial charge is 0.135 e. The molecule has 0 atom stereocenters. The molecule has 30 heavy (non-hydrogen) atoms. The third-order valence-corrected chi connectivity index (χ3v) is 6.07. The molecule has 0 saturated heterocycles. The van der Waals surface area contributed by atoms with Crippen LogP contribution in [-0.2, 0) is 18.5 Å². The summed E-state index contributed by atoms with van der Waals surface area (Å²) in [6.07, 6.45) is 0.772. The molecule has 3 aromatic rings. The fourth-order valence-electron chi connectivity index (χ4n) is 4.38. The third kappa shape index (κ3) is 3.54. The fourth-order valence-corrected chi connectivity index (χ4v) is 4.38. The van der Waals surface area contributed by atoms with E-state index in [2.05, 4.69) is 61.1 Å². The molecule has 1 aromatic heterocycles. The molecule has 0 amide bonds. The maximum absolute atomic E-state index is 13.6. The van der Waals surface area contributed by atoms with Gasteiger partial charge in [0.25, 0.3) is 0 Å². The first kappa shape index (κ1) is 20.4. The van der Waals surface area contributed by atoms with Crippen molar-refractivity contribution in [1.82, 2.24) is 14.5 Å². The number of fused-ring (bicyclic) bond motifs is 1. The monoisotopic (exact) mass is 404 g/mol. The summed E-state index contributed by atoms with van der Waals surface area (Å²) < 4.78 is 15.9. The number of nitrogens with zero attached hydrogens (tertiary/aromatic N) is 3. The molecule has 1 aliphatic heterocycles. The van der Waals surface area contributed by atoms with E-state index in [0.717, 1.165) is 48.0 Å². The SMILES string of the molecule is C=C(CN)N1CCn2c(nc(-c3ccc(F)cc3)c2Cc2ccc(C)cc2)C1(C)C. The number of hydrogen-bond donors (Lipinski definition) is 1. The van der Waals surface area contributed by atoms with Gasteiger partial charge in [0, 0.05) is 37.3 Å². The van der Waals surface area contributed by atoms with E-state index >= 15 is 0 Å². The van der Waals surface area contributed by atoms with E-state index in [1.165, 1.54) is 23.3 Å². The predicted molar refractivity (Wildman–Crippen MR) is 120 cm³/mol. The van der Waals surface area contributed by atoms with Crippen LogP contribution in [0.4, 0.5) is 4.39 Å². The van der Waals surface area contributed by atoms with Gasteiger partial charge in [-0.1, -0.05) is 36.4 Å². The maximum atomic E-state index is 13.6. The maximum Gasteiger partial charge on any atom is 0.135 e. The molecule has 4 nitrogen and oxygen atoms in total. The number of rotatable bonds is 5. The Morgan fingerprint density at radius 3 is 2.40 bits per heavy atom. The average Bonchev–Trinajstić information content (AvgIpc) is 3.09. The van der Waals surface area contributed by atoms with Crippen LogP contribution in [0.3, 0.4) is 0 Å². The molecule has 2 aromatic carbocycles. The van der Waals surface area contributed by atoms with Gasteiger partial charge in [-0.2, -0.15) is 0 Å². The van der Waals surface area contributed by atoms with Crippen molar-refractivity contribution in [3.8, 4) is 11.3 Å². The van der Waals surface area contributed by atoms with Gasteiger partial charge >= 0.3 is 0 Å². The lowest BCUT2D eigenvalue weighted by molar-refractivity contribution is 0.116. The van der Waals surface area contributed by atoms with Crippen molar-refractivity contribution in [2.24, 2.45) is 5.73 Å². The van der Waals surface area contributed by atoms with Crippen molar-refractivity contribution in [2.45, 2.75) is 39.3 Å². The molecule has 0 unspecified atom stereocenters. The minimum Gasteiger partial charge on any atom is -0.360 e. The Hall–Kier alpha value is -2.92. The molecule has 0 aliphatic carbocycles. The van der Waals surface area contributed by atoms with Crippen LogP contribution in [0.25, 0.3) is 11.3 Å². The number of aromatic nitrogens is 2. The minimum atomic E-state index is -0.338. The Balaban J connectivity index is 1.85. The highest BCUT2D eigenvalue weighted by atomic mass is 19.1. The lowest BCUT2D eigenvalue weighted by Gasteiger charge is -2.44. The first-order valence-electron chi connectivity index (χ1n) is 10.4. The molecular formula is C25H29FN4. The van der Waals surface area contributed by atoms with Gasteiger partial charge in [0.1, 0.15) is 11.6 Å². The molecule has 0 fully saturated rings. The lowest BCUT2D eigenvalue weighted by atomic mass is 9.98. The third-order valence-electron chi connectivity index (χ3n) is 6.07. The zero-order valence-electron chi connectivity index (χ0n) is 18.0. The van der Waals surface area contributed by atoms with Gasteiger partial charge in [0.2, 0.25) is 0 Å². The van der Waals surface area contributed by atoms with E-state index in [1.54, 1.807) is 0 Å². The summed E-state index contributed by atoms with van der Waals surface area (Å²) in [5.74, 6) is 0.748. The second kappa shape index (κ2) is 7.73. The molecule has 2 heterocycles. The molecule has 156 valence electrons. The molecule has 0 spiro atoms. The van der Waals surface area contributed by atoms with Gasteiger partial charge < -0.3 is 15.2 Å². The van der Waals surface area contributed by atoms with E-state index in [4.69, 9.17) is 10.7 Å². The number of benzene rings is 2. The Bertz CT molecular complexity index is 1060. The summed E-state index contributed by atoms with van der Waals surface area (Å²) in [7, 11) is 0. The zero-order chi connectivity index (χ0) is 21.5. The van der Waals surface area contributed by atoms with Gasteiger partial charge in [-0.05, 0) is 50.6 Å². The van der Waals surface area contributed by atoms with Crippen molar-refractivity contribution < 1.29 is 4.39 Å². The van der Waals surface area contributed by atoms with Gasteiger partial charge in [0.05, 0.1) is 16.9 Å². The Morgan fingerprint density at radius 2 is 1.77 bits per heavy atom. The fraction of sp³-hybridized carbons (Fsp3) is 0.320. The highest BCUT2D eigenvalue weighted by Crippen LogP contribution is 2.38. The van der Waals surface area contributed by atoms with Crippen LogP contribution in [-0.4, -0.2) is 27.5 Å². The van der Waals surface area contributed by atoms with Crippen molar-refractivity contribution in [2.75, 3.05) is 13.1 Å². The van der Waals surface area contributed by atoms with Crippen LogP contribution in [0.1, 0.15) is 36.5 Å². The van der Waals surface area contributed by atoms with Crippen LogP contribution in [0.2, 0.25) is 0 Å². The summed E-state index contributed by atoms with van der Waals surface area (Å²) in [5, 5.41) is 0. The number of hydrogen-bond acceptors (Lipinski definition) is 3. The summed E-state index contributed by atoms with van der Waals surface area (Å²) >= 11 is 0. The molecule has 0 radical (unpaired) electrons. The Morgan fingerprint density at radius 1 is 1.10 bits per heavy atom. The Labute approximate surface area is 177 Å². The van der Waals surface area contributed by atoms with E-state index < -0.39 is 0 Å². The quantitative estimate of drug-likeness (QED) is 0.675. The van der Waals surface area contributed by atoms with Crippen LogP contribution < -0.4 is 5.73 Å². The first-order valence-corrected chi connectivity index (χ1v) is 10.4. The minimum absolute atomic E-state index is 0.242. The average molecular weight is 405 g/mol. The van der Waals surface area contributed by atoms with Crippen molar-refractivity contribution in [3.05, 3.63) is 89.3 Å². The highest BCUT2D eigenvalue weighted by Gasteiger charge is 2.39. The molecule has 0 saturated carbocycles. The molecule has 5 heteroatoms. The molecule has 1 aliphatic rings. The Kier molecular flexibility index (Phi) is 5.24. The van der Waals surface area contributed by atoms with Crippen molar-refractivity contribution >= 4 is 0 Å². The van der Waals surface area contributed by atoms with E-state index in [9.17, 15) is 4.39 Å². The first-order chi connectivity index (χ1) is 14.3. The van der Waals surface area contributed by atoms with E-state index in [1.807, 2.05) is 12.1 Å². The van der Waals surface area contributed by atoms with Gasteiger partial charge in [-0.25, -0.2) is 9.37 Å². The predicted octanol–water partition coefficient (Wildman–Crippen LogP) is 4.61. The number of nitrogens with two attached hydrogens (primary N) is 1. The second-order valence-electron chi connectivity index (χ2n) is 8.53. The van der Waals surface area contributed by atoms with Crippen LogP contribution >= 0.6 is 0 Å². The molecule has 4 rings (SSSR count). The summed E-state index contributed by atoms with van der Waals surface area (Å²) in [6.45, 7) is 12.6. The zero-order valence-corrected chi connectivity index (χ0v) is 18.0. The van der Waals surface area contributed by atoms with Crippen LogP contribution in [0.5, 0.6) is 0 Å². The van der Waals surface area contributed by atoms with Crippen LogP contribution in [0.15, 0.2) is 60.8 Å². The van der Waals surface area contributed by atoms with Crippen molar-refractivity contribution in [3.63, 3.8) is 0 Å². The van der Waals surface area contributed by atoms with Gasteiger partial charge in [-0.15, -0.1) is 0 Å². The highest BCUT2D eigenvalue weighted by molar-refractivity contribution is 5.63. The van der Waals surface area contributed by atoms with Crippen LogP contribution in [0, 0.1) is 12.7 Å². The second-order valence-corrected chi connectivity index (χ2v) is 8.53.